The maximum absolute atomic E-state index is 5.55. The molecule has 0 aliphatic carbocycles. The number of hydrogen-bond acceptors (Lipinski definition) is 3. The Bertz CT molecular complexity index is 837. The van der Waals surface area contributed by atoms with Gasteiger partial charge in [0, 0.05) is 41.8 Å². The van der Waals surface area contributed by atoms with Crippen LogP contribution in [-0.2, 0) is 6.54 Å². The van der Waals surface area contributed by atoms with Gasteiger partial charge in [-0.3, -0.25) is 4.90 Å². The number of fused-ring (bicyclic) bond motifs is 1. The van der Waals surface area contributed by atoms with E-state index in [0.29, 0.717) is 5.92 Å². The largest absolute Gasteiger partial charge is 0.496 e. The standard InChI is InChI=1S/C21H25N3O/c1-15-7-8-20(25-2)18(11-15)14-24-10-4-6-17(13-24)19-12-16-5-3-9-22-21(16)23-19/h3,5,7-9,11-12,17H,4,6,10,13-14H2,1-2H3,(H,22,23)/t17-/m1/s1. The minimum Gasteiger partial charge on any atom is -0.496 e. The highest BCUT2D eigenvalue weighted by atomic mass is 16.5. The van der Waals surface area contributed by atoms with Crippen molar-refractivity contribution in [2.45, 2.75) is 32.2 Å². The zero-order valence-electron chi connectivity index (χ0n) is 15.0. The van der Waals surface area contributed by atoms with Crippen molar-refractivity contribution in [3.63, 3.8) is 0 Å². The fourth-order valence-corrected chi connectivity index (χ4v) is 3.92. The maximum atomic E-state index is 5.55. The smallest absolute Gasteiger partial charge is 0.137 e. The molecule has 25 heavy (non-hydrogen) atoms. The first-order chi connectivity index (χ1) is 12.2. The fraction of sp³-hybridized carbons (Fsp3) is 0.381. The maximum Gasteiger partial charge on any atom is 0.137 e. The number of nitrogens with one attached hydrogen (secondary N) is 1. The summed E-state index contributed by atoms with van der Waals surface area (Å²) in [7, 11) is 1.75. The predicted octanol–water partition coefficient (Wildman–Crippen LogP) is 4.26. The Balaban J connectivity index is 1.52. The molecule has 1 aliphatic heterocycles. The van der Waals surface area contributed by atoms with E-state index in [-0.39, 0.29) is 0 Å². The topological polar surface area (TPSA) is 41.1 Å². The lowest BCUT2D eigenvalue weighted by Gasteiger charge is -2.32. The molecule has 0 unspecified atom stereocenters. The van der Waals surface area contributed by atoms with Crippen molar-refractivity contribution in [2.24, 2.45) is 0 Å². The number of benzene rings is 1. The van der Waals surface area contributed by atoms with Gasteiger partial charge in [-0.1, -0.05) is 17.7 Å². The zero-order chi connectivity index (χ0) is 17.2. The Kier molecular flexibility index (Phi) is 4.45. The molecular weight excluding hydrogens is 310 g/mol. The van der Waals surface area contributed by atoms with Crippen LogP contribution in [0.3, 0.4) is 0 Å². The summed E-state index contributed by atoms with van der Waals surface area (Å²) in [5.41, 5.74) is 4.87. The first-order valence-electron chi connectivity index (χ1n) is 9.02. The summed E-state index contributed by atoms with van der Waals surface area (Å²) in [6, 6.07) is 12.8. The van der Waals surface area contributed by atoms with E-state index in [1.807, 2.05) is 12.3 Å². The highest BCUT2D eigenvalue weighted by Crippen LogP contribution is 2.30. The number of pyridine rings is 1. The van der Waals surface area contributed by atoms with E-state index in [1.54, 1.807) is 7.11 Å². The van der Waals surface area contributed by atoms with Gasteiger partial charge in [0.1, 0.15) is 11.4 Å². The number of nitrogens with zero attached hydrogens (tertiary/aromatic N) is 2. The van der Waals surface area contributed by atoms with Gasteiger partial charge in [0.05, 0.1) is 7.11 Å². The quantitative estimate of drug-likeness (QED) is 0.774. The van der Waals surface area contributed by atoms with E-state index in [1.165, 1.54) is 35.0 Å². The van der Waals surface area contributed by atoms with Crippen LogP contribution in [0.15, 0.2) is 42.6 Å². The molecule has 1 atom stereocenters. The second kappa shape index (κ2) is 6.89. The van der Waals surface area contributed by atoms with Crippen LogP contribution in [-0.4, -0.2) is 35.1 Å². The number of aryl methyl sites for hydroxylation is 1. The minimum atomic E-state index is 0.541. The Hall–Kier alpha value is -2.33. The lowest BCUT2D eigenvalue weighted by Crippen LogP contribution is -2.34. The normalized spacial score (nSPS) is 18.6. The van der Waals surface area contributed by atoms with Gasteiger partial charge in [-0.15, -0.1) is 0 Å². The molecule has 0 spiro atoms. The fourth-order valence-electron chi connectivity index (χ4n) is 3.92. The SMILES string of the molecule is COc1ccc(C)cc1CN1CCC[C@@H](c2cc3cccnc3[nH]2)C1. The molecule has 1 aromatic carbocycles. The summed E-state index contributed by atoms with van der Waals surface area (Å²) in [4.78, 5) is 10.5. The van der Waals surface area contributed by atoms with Crippen molar-refractivity contribution < 1.29 is 4.74 Å². The van der Waals surface area contributed by atoms with Crippen LogP contribution < -0.4 is 4.74 Å². The number of rotatable bonds is 4. The van der Waals surface area contributed by atoms with Gasteiger partial charge in [-0.2, -0.15) is 0 Å². The van der Waals surface area contributed by atoms with Crippen molar-refractivity contribution in [3.05, 3.63) is 59.4 Å². The molecule has 1 fully saturated rings. The number of aromatic amines is 1. The van der Waals surface area contributed by atoms with Crippen LogP contribution in [0, 0.1) is 6.92 Å². The average molecular weight is 335 g/mol. The number of hydrogen-bond donors (Lipinski definition) is 1. The second-order valence-corrected chi connectivity index (χ2v) is 7.06. The molecule has 1 N–H and O–H groups in total. The predicted molar refractivity (Wildman–Crippen MR) is 101 cm³/mol. The lowest BCUT2D eigenvalue weighted by molar-refractivity contribution is 0.196. The second-order valence-electron chi connectivity index (χ2n) is 7.06. The number of ether oxygens (including phenoxy) is 1. The summed E-state index contributed by atoms with van der Waals surface area (Å²) in [6.45, 7) is 5.30. The molecule has 2 aromatic heterocycles. The van der Waals surface area contributed by atoms with Gasteiger partial charge >= 0.3 is 0 Å². The first kappa shape index (κ1) is 16.2. The van der Waals surface area contributed by atoms with E-state index >= 15 is 0 Å². The molecule has 0 amide bonds. The van der Waals surface area contributed by atoms with Crippen molar-refractivity contribution in [1.29, 1.82) is 0 Å². The third-order valence-electron chi connectivity index (χ3n) is 5.19. The Morgan fingerprint density at radius 1 is 1.28 bits per heavy atom. The van der Waals surface area contributed by atoms with Crippen molar-refractivity contribution >= 4 is 11.0 Å². The monoisotopic (exact) mass is 335 g/mol. The van der Waals surface area contributed by atoms with E-state index in [0.717, 1.165) is 31.0 Å². The highest BCUT2D eigenvalue weighted by molar-refractivity contribution is 5.76. The van der Waals surface area contributed by atoms with E-state index in [2.05, 4.69) is 52.1 Å². The third kappa shape index (κ3) is 3.40. The van der Waals surface area contributed by atoms with Gasteiger partial charge in [-0.05, 0) is 50.6 Å². The highest BCUT2D eigenvalue weighted by Gasteiger charge is 2.23. The van der Waals surface area contributed by atoms with Gasteiger partial charge in [0.2, 0.25) is 0 Å². The molecular formula is C21H25N3O. The molecule has 3 heterocycles. The Labute approximate surface area is 148 Å². The molecule has 3 aromatic rings. The number of aromatic nitrogens is 2. The van der Waals surface area contributed by atoms with Crippen LogP contribution >= 0.6 is 0 Å². The van der Waals surface area contributed by atoms with Crippen LogP contribution in [0.5, 0.6) is 5.75 Å². The van der Waals surface area contributed by atoms with Gasteiger partial charge in [0.25, 0.3) is 0 Å². The Morgan fingerprint density at radius 2 is 2.20 bits per heavy atom. The molecule has 0 saturated carbocycles. The Morgan fingerprint density at radius 3 is 3.04 bits per heavy atom. The average Bonchev–Trinajstić information content (AvgIpc) is 3.06. The summed E-state index contributed by atoms with van der Waals surface area (Å²) in [5, 5.41) is 1.20. The molecule has 130 valence electrons. The van der Waals surface area contributed by atoms with Crippen LogP contribution in [0.25, 0.3) is 11.0 Å². The number of piperidine rings is 1. The van der Waals surface area contributed by atoms with E-state index in [4.69, 9.17) is 4.74 Å². The van der Waals surface area contributed by atoms with Crippen molar-refractivity contribution in [1.82, 2.24) is 14.9 Å². The molecule has 0 radical (unpaired) electrons. The van der Waals surface area contributed by atoms with Crippen LogP contribution in [0.1, 0.15) is 35.6 Å². The summed E-state index contributed by atoms with van der Waals surface area (Å²) in [5.74, 6) is 1.53. The van der Waals surface area contributed by atoms with E-state index < -0.39 is 0 Å². The van der Waals surface area contributed by atoms with Gasteiger partial charge in [-0.25, -0.2) is 4.98 Å². The molecule has 4 rings (SSSR count). The van der Waals surface area contributed by atoms with Crippen molar-refractivity contribution in [3.8, 4) is 5.75 Å². The minimum absolute atomic E-state index is 0.541. The van der Waals surface area contributed by atoms with Crippen LogP contribution in [0.4, 0.5) is 0 Å². The summed E-state index contributed by atoms with van der Waals surface area (Å²) in [6.07, 6.45) is 4.30. The van der Waals surface area contributed by atoms with E-state index in [9.17, 15) is 0 Å². The van der Waals surface area contributed by atoms with Gasteiger partial charge in [0.15, 0.2) is 0 Å². The summed E-state index contributed by atoms with van der Waals surface area (Å²) >= 11 is 0. The van der Waals surface area contributed by atoms with Gasteiger partial charge < -0.3 is 9.72 Å². The molecule has 1 aliphatic rings. The lowest BCUT2D eigenvalue weighted by atomic mass is 9.94. The van der Waals surface area contributed by atoms with Crippen LogP contribution in [0.2, 0.25) is 0 Å². The molecule has 4 heteroatoms. The first-order valence-corrected chi connectivity index (χ1v) is 9.02. The molecule has 4 nitrogen and oxygen atoms in total. The molecule has 1 saturated heterocycles. The number of likely N-dealkylation sites (tertiary alicyclic amines) is 1. The third-order valence-corrected chi connectivity index (χ3v) is 5.19. The molecule has 0 bridgehead atoms. The van der Waals surface area contributed by atoms with Crippen molar-refractivity contribution in [2.75, 3.05) is 20.2 Å². The number of H-pyrrole nitrogens is 1. The summed E-state index contributed by atoms with van der Waals surface area (Å²) < 4.78 is 5.55. The zero-order valence-corrected chi connectivity index (χ0v) is 15.0. The number of methoxy groups -OCH3 is 1.